The highest BCUT2D eigenvalue weighted by atomic mass is 35.5. The van der Waals surface area contributed by atoms with E-state index < -0.39 is 28.5 Å². The second-order valence-corrected chi connectivity index (χ2v) is 11.5. The topological polar surface area (TPSA) is 105 Å². The van der Waals surface area contributed by atoms with Crippen LogP contribution < -0.4 is 19.1 Å². The van der Waals surface area contributed by atoms with E-state index in [-0.39, 0.29) is 37.1 Å². The summed E-state index contributed by atoms with van der Waals surface area (Å²) in [6.07, 6.45) is 0.240. The SMILES string of the molecule is CCS(=O)(=O)N(CC(=O)N(Cc1ccc(Cl)cc1)[C@@H](Cc1ccccc1)C(=O)NC)c1ccc2c(c1)OCO2. The number of hydrogen-bond donors (Lipinski definition) is 1. The van der Waals surface area contributed by atoms with Crippen molar-refractivity contribution in [2.24, 2.45) is 0 Å². The fourth-order valence-corrected chi connectivity index (χ4v) is 5.45. The van der Waals surface area contributed by atoms with Crippen LogP contribution in [0.4, 0.5) is 5.69 Å². The molecule has 0 aromatic heterocycles. The third-order valence-electron chi connectivity index (χ3n) is 6.41. The Bertz CT molecular complexity index is 1420. The van der Waals surface area contributed by atoms with Crippen molar-refractivity contribution in [2.75, 3.05) is 30.4 Å². The number of halogens is 1. The number of ether oxygens (including phenoxy) is 2. The minimum atomic E-state index is -3.88. The fraction of sp³-hybridized carbons (Fsp3) is 0.286. The molecule has 1 atom stereocenters. The van der Waals surface area contributed by atoms with Crippen LogP contribution in [0.1, 0.15) is 18.1 Å². The first kappa shape index (κ1) is 28.3. The Kier molecular flexibility index (Phi) is 8.98. The standard InChI is InChI=1S/C28H30ClN3O6S/c1-3-39(35,36)32(23-13-14-25-26(16-23)38-19-37-25)18-27(33)31(17-21-9-11-22(29)12-10-21)24(28(34)30-2)15-20-7-5-4-6-8-20/h4-14,16,24H,3,15,17-19H2,1-2H3,(H,30,34)/t24-/m0/s1. The number of anilines is 1. The monoisotopic (exact) mass is 571 g/mol. The van der Waals surface area contributed by atoms with Gasteiger partial charge in [0.05, 0.1) is 11.4 Å². The molecule has 0 fully saturated rings. The third-order valence-corrected chi connectivity index (χ3v) is 8.40. The molecule has 4 rings (SSSR count). The molecular weight excluding hydrogens is 542 g/mol. The van der Waals surface area contributed by atoms with Crippen molar-refractivity contribution in [2.45, 2.75) is 25.9 Å². The van der Waals surface area contributed by atoms with Gasteiger partial charge in [-0.05, 0) is 42.3 Å². The Hall–Kier alpha value is -3.76. The average Bonchev–Trinajstić information content (AvgIpc) is 3.42. The lowest BCUT2D eigenvalue weighted by molar-refractivity contribution is -0.139. The Morgan fingerprint density at radius 3 is 2.33 bits per heavy atom. The summed E-state index contributed by atoms with van der Waals surface area (Å²) in [6.45, 7) is 1.10. The predicted molar refractivity (Wildman–Crippen MR) is 149 cm³/mol. The number of nitrogens with one attached hydrogen (secondary N) is 1. The predicted octanol–water partition coefficient (Wildman–Crippen LogP) is 3.61. The molecular formula is C28H30ClN3O6S. The largest absolute Gasteiger partial charge is 0.454 e. The quantitative estimate of drug-likeness (QED) is 0.377. The van der Waals surface area contributed by atoms with E-state index in [9.17, 15) is 18.0 Å². The first-order valence-corrected chi connectivity index (χ1v) is 14.4. The number of carbonyl (C=O) groups is 2. The van der Waals surface area contributed by atoms with Gasteiger partial charge in [-0.2, -0.15) is 0 Å². The zero-order valence-corrected chi connectivity index (χ0v) is 23.2. The van der Waals surface area contributed by atoms with Gasteiger partial charge < -0.3 is 19.7 Å². The van der Waals surface area contributed by atoms with E-state index in [4.69, 9.17) is 21.1 Å². The molecule has 2 amide bonds. The lowest BCUT2D eigenvalue weighted by Crippen LogP contribution is -2.53. The van der Waals surface area contributed by atoms with Gasteiger partial charge in [0.15, 0.2) is 11.5 Å². The molecule has 39 heavy (non-hydrogen) atoms. The van der Waals surface area contributed by atoms with E-state index in [2.05, 4.69) is 5.32 Å². The Morgan fingerprint density at radius 2 is 1.67 bits per heavy atom. The highest BCUT2D eigenvalue weighted by Crippen LogP contribution is 2.36. The summed E-state index contributed by atoms with van der Waals surface area (Å²) >= 11 is 6.06. The van der Waals surface area contributed by atoms with Crippen molar-refractivity contribution in [3.63, 3.8) is 0 Å². The maximum atomic E-state index is 14.0. The molecule has 11 heteroatoms. The summed E-state index contributed by atoms with van der Waals surface area (Å²) < 4.78 is 38.2. The molecule has 1 N–H and O–H groups in total. The summed E-state index contributed by atoms with van der Waals surface area (Å²) in [5, 5.41) is 3.19. The molecule has 0 bridgehead atoms. The van der Waals surface area contributed by atoms with E-state index in [1.165, 1.54) is 24.9 Å². The van der Waals surface area contributed by atoms with Crippen LogP contribution in [0.5, 0.6) is 11.5 Å². The molecule has 1 heterocycles. The number of fused-ring (bicyclic) bond motifs is 1. The highest BCUT2D eigenvalue weighted by molar-refractivity contribution is 7.92. The number of sulfonamides is 1. The summed E-state index contributed by atoms with van der Waals surface area (Å²) in [5.41, 5.74) is 1.86. The van der Waals surface area contributed by atoms with Gasteiger partial charge in [0.1, 0.15) is 12.6 Å². The summed E-state index contributed by atoms with van der Waals surface area (Å²) in [7, 11) is -2.37. The lowest BCUT2D eigenvalue weighted by atomic mass is 10.0. The van der Waals surface area contributed by atoms with Crippen LogP contribution in [-0.2, 0) is 32.6 Å². The molecule has 0 unspecified atom stereocenters. The third kappa shape index (κ3) is 6.82. The number of carbonyl (C=O) groups excluding carboxylic acids is 2. The summed E-state index contributed by atoms with van der Waals surface area (Å²) in [6, 6.07) is 20.1. The lowest BCUT2D eigenvalue weighted by Gasteiger charge is -2.33. The van der Waals surface area contributed by atoms with Crippen molar-refractivity contribution in [3.05, 3.63) is 88.9 Å². The van der Waals surface area contributed by atoms with Crippen molar-refractivity contribution in [1.82, 2.24) is 10.2 Å². The van der Waals surface area contributed by atoms with Crippen LogP contribution in [0.25, 0.3) is 0 Å². The summed E-state index contributed by atoms with van der Waals surface area (Å²) in [4.78, 5) is 28.6. The van der Waals surface area contributed by atoms with E-state index in [1.807, 2.05) is 30.3 Å². The molecule has 0 saturated heterocycles. The van der Waals surface area contributed by atoms with Crippen LogP contribution >= 0.6 is 11.6 Å². The van der Waals surface area contributed by atoms with Crippen LogP contribution in [0, 0.1) is 0 Å². The van der Waals surface area contributed by atoms with Crippen molar-refractivity contribution >= 4 is 39.1 Å². The van der Waals surface area contributed by atoms with E-state index in [0.717, 1.165) is 15.4 Å². The zero-order valence-electron chi connectivity index (χ0n) is 21.7. The van der Waals surface area contributed by atoms with Crippen LogP contribution in [0.15, 0.2) is 72.8 Å². The van der Waals surface area contributed by atoms with Gasteiger partial charge in [-0.1, -0.05) is 54.1 Å². The molecule has 1 aliphatic heterocycles. The normalized spacial score (nSPS) is 13.0. The van der Waals surface area contributed by atoms with Crippen LogP contribution in [0.2, 0.25) is 5.02 Å². The minimum absolute atomic E-state index is 0.0282. The number of hydrogen-bond acceptors (Lipinski definition) is 6. The van der Waals surface area contributed by atoms with Crippen molar-refractivity contribution in [3.8, 4) is 11.5 Å². The maximum Gasteiger partial charge on any atom is 0.244 e. The number of nitrogens with zero attached hydrogens (tertiary/aromatic N) is 2. The zero-order chi connectivity index (χ0) is 28.0. The second-order valence-electron chi connectivity index (χ2n) is 8.91. The first-order valence-electron chi connectivity index (χ1n) is 12.4. The van der Waals surface area contributed by atoms with Gasteiger partial charge in [-0.3, -0.25) is 13.9 Å². The van der Waals surface area contributed by atoms with Crippen molar-refractivity contribution < 1.29 is 27.5 Å². The van der Waals surface area contributed by atoms with E-state index in [1.54, 1.807) is 36.4 Å². The molecule has 0 spiro atoms. The molecule has 206 valence electrons. The van der Waals surface area contributed by atoms with Gasteiger partial charge in [-0.15, -0.1) is 0 Å². The number of likely N-dealkylation sites (N-methyl/N-ethyl adjacent to an activating group) is 1. The Labute approximate surface area is 233 Å². The maximum absolute atomic E-state index is 14.0. The molecule has 0 radical (unpaired) electrons. The van der Waals surface area contributed by atoms with E-state index >= 15 is 0 Å². The Morgan fingerprint density at radius 1 is 0.974 bits per heavy atom. The molecule has 3 aromatic rings. The van der Waals surface area contributed by atoms with Gasteiger partial charge in [0, 0.05) is 31.1 Å². The molecule has 1 aliphatic rings. The molecule has 0 saturated carbocycles. The smallest absolute Gasteiger partial charge is 0.244 e. The highest BCUT2D eigenvalue weighted by Gasteiger charge is 2.33. The molecule has 9 nitrogen and oxygen atoms in total. The average molecular weight is 572 g/mol. The number of amides is 2. The van der Waals surface area contributed by atoms with Gasteiger partial charge in [0.25, 0.3) is 0 Å². The second kappa shape index (κ2) is 12.4. The molecule has 3 aromatic carbocycles. The minimum Gasteiger partial charge on any atom is -0.454 e. The molecule has 0 aliphatic carbocycles. The van der Waals surface area contributed by atoms with Gasteiger partial charge in [0.2, 0.25) is 28.6 Å². The van der Waals surface area contributed by atoms with Crippen LogP contribution in [-0.4, -0.2) is 57.3 Å². The van der Waals surface area contributed by atoms with Crippen LogP contribution in [0.3, 0.4) is 0 Å². The number of rotatable bonds is 11. The fourth-order valence-electron chi connectivity index (χ4n) is 4.27. The van der Waals surface area contributed by atoms with E-state index in [0.29, 0.717) is 16.5 Å². The first-order chi connectivity index (χ1) is 18.7. The van der Waals surface area contributed by atoms with Gasteiger partial charge in [-0.25, -0.2) is 8.42 Å². The summed E-state index contributed by atoms with van der Waals surface area (Å²) in [5.74, 6) is -0.250. The number of benzene rings is 3. The Balaban J connectivity index is 1.72. The van der Waals surface area contributed by atoms with Gasteiger partial charge >= 0.3 is 0 Å². The van der Waals surface area contributed by atoms with Crippen molar-refractivity contribution in [1.29, 1.82) is 0 Å².